The first-order valence-corrected chi connectivity index (χ1v) is 8.95. The molecule has 0 aliphatic carbocycles. The molecule has 2 aliphatic rings. The Labute approximate surface area is 157 Å². The van der Waals surface area contributed by atoms with E-state index < -0.39 is 5.91 Å². The van der Waals surface area contributed by atoms with Crippen LogP contribution in [0.2, 0.25) is 0 Å². The van der Waals surface area contributed by atoms with Crippen molar-refractivity contribution in [3.8, 4) is 0 Å². The monoisotopic (exact) mass is 364 g/mol. The largest absolute Gasteiger partial charge is 0.353 e. The molecule has 0 atom stereocenters. The van der Waals surface area contributed by atoms with Crippen LogP contribution in [0.5, 0.6) is 0 Å². The molecule has 0 spiro atoms. The maximum atomic E-state index is 12.7. The van der Waals surface area contributed by atoms with Crippen molar-refractivity contribution in [1.82, 2.24) is 14.8 Å². The smallest absolute Gasteiger partial charge is 0.262 e. The number of pyridine rings is 1. The molecule has 1 aromatic carbocycles. The van der Waals surface area contributed by atoms with Crippen molar-refractivity contribution in [3.05, 3.63) is 59.3 Å². The Kier molecular flexibility index (Phi) is 4.35. The molecule has 3 heterocycles. The van der Waals surface area contributed by atoms with Gasteiger partial charge in [0.2, 0.25) is 5.91 Å². The first-order chi connectivity index (χ1) is 13.0. The maximum absolute atomic E-state index is 12.7. The van der Waals surface area contributed by atoms with Gasteiger partial charge in [-0.2, -0.15) is 0 Å². The molecule has 0 radical (unpaired) electrons. The molecule has 1 saturated heterocycles. The summed E-state index contributed by atoms with van der Waals surface area (Å²) in [6.45, 7) is 4.07. The fraction of sp³-hybridized carbons (Fsp3) is 0.300. The van der Waals surface area contributed by atoms with Crippen LogP contribution in [0.25, 0.3) is 0 Å². The Balaban J connectivity index is 1.39. The van der Waals surface area contributed by atoms with Crippen molar-refractivity contribution in [2.24, 2.45) is 0 Å². The third-order valence-electron chi connectivity index (χ3n) is 5.03. The summed E-state index contributed by atoms with van der Waals surface area (Å²) in [5, 5.41) is 0. The highest BCUT2D eigenvalue weighted by Gasteiger charge is 2.37. The topological polar surface area (TPSA) is 73.8 Å². The lowest BCUT2D eigenvalue weighted by molar-refractivity contribution is -0.131. The van der Waals surface area contributed by atoms with Crippen LogP contribution in [0.3, 0.4) is 0 Å². The quantitative estimate of drug-likeness (QED) is 0.769. The van der Waals surface area contributed by atoms with E-state index in [1.54, 1.807) is 29.3 Å². The molecule has 7 nitrogen and oxygen atoms in total. The Morgan fingerprint density at radius 3 is 2.44 bits per heavy atom. The van der Waals surface area contributed by atoms with E-state index in [4.69, 9.17) is 0 Å². The summed E-state index contributed by atoms with van der Waals surface area (Å²) in [6.07, 6.45) is 1.75. The van der Waals surface area contributed by atoms with Gasteiger partial charge in [-0.15, -0.1) is 0 Å². The lowest BCUT2D eigenvalue weighted by Gasteiger charge is -2.35. The summed E-state index contributed by atoms with van der Waals surface area (Å²) < 4.78 is 0. The number of amides is 3. The number of aromatic nitrogens is 1. The number of fused-ring (bicyclic) bond motifs is 1. The lowest BCUT2D eigenvalue weighted by atomic mass is 10.1. The normalized spacial score (nSPS) is 16.7. The summed E-state index contributed by atoms with van der Waals surface area (Å²) >= 11 is 0. The van der Waals surface area contributed by atoms with Crippen molar-refractivity contribution in [2.75, 3.05) is 37.6 Å². The van der Waals surface area contributed by atoms with Gasteiger partial charge in [0.1, 0.15) is 12.4 Å². The first-order valence-electron chi connectivity index (χ1n) is 8.95. The number of carbonyl (C=O) groups excluding carboxylic acids is 3. The van der Waals surface area contributed by atoms with Crippen molar-refractivity contribution < 1.29 is 14.4 Å². The van der Waals surface area contributed by atoms with E-state index >= 15 is 0 Å². The van der Waals surface area contributed by atoms with Crippen LogP contribution >= 0.6 is 0 Å². The predicted molar refractivity (Wildman–Crippen MR) is 99.6 cm³/mol. The zero-order valence-corrected chi connectivity index (χ0v) is 15.1. The van der Waals surface area contributed by atoms with Gasteiger partial charge in [-0.25, -0.2) is 4.98 Å². The first kappa shape index (κ1) is 17.2. The van der Waals surface area contributed by atoms with Gasteiger partial charge in [-0.3, -0.25) is 19.3 Å². The van der Waals surface area contributed by atoms with Gasteiger partial charge < -0.3 is 9.80 Å². The van der Waals surface area contributed by atoms with Crippen LogP contribution in [0.15, 0.2) is 42.6 Å². The van der Waals surface area contributed by atoms with Gasteiger partial charge in [0, 0.05) is 32.4 Å². The van der Waals surface area contributed by atoms with Crippen LogP contribution in [-0.2, 0) is 4.79 Å². The lowest BCUT2D eigenvalue weighted by Crippen LogP contribution is -2.52. The summed E-state index contributed by atoms with van der Waals surface area (Å²) in [5.74, 6) is -0.100. The molecule has 138 valence electrons. The number of aryl methyl sites for hydroxylation is 1. The molecule has 0 unspecified atom stereocenters. The number of carbonyl (C=O) groups is 3. The molecule has 7 heteroatoms. The third kappa shape index (κ3) is 3.16. The Morgan fingerprint density at radius 2 is 1.74 bits per heavy atom. The summed E-state index contributed by atoms with van der Waals surface area (Å²) in [4.78, 5) is 46.9. The van der Waals surface area contributed by atoms with Crippen molar-refractivity contribution >= 4 is 23.5 Å². The van der Waals surface area contributed by atoms with Gasteiger partial charge in [0.05, 0.1) is 11.1 Å². The standard InChI is InChI=1S/C20H20N4O3/c1-14-5-6-15-16(12-14)20(27)24(19(15)26)13-18(25)23-10-8-22(9-11-23)17-4-2-3-7-21-17/h2-7,12H,8-11,13H2,1H3. The molecular formula is C20H20N4O3. The highest BCUT2D eigenvalue weighted by molar-refractivity contribution is 6.22. The van der Waals surface area contributed by atoms with E-state index in [1.807, 2.05) is 25.1 Å². The van der Waals surface area contributed by atoms with Crippen LogP contribution in [0, 0.1) is 6.92 Å². The molecule has 0 saturated carbocycles. The molecular weight excluding hydrogens is 344 g/mol. The number of imide groups is 1. The van der Waals surface area contributed by atoms with Gasteiger partial charge in [0.15, 0.2) is 0 Å². The number of rotatable bonds is 3. The second-order valence-corrected chi connectivity index (χ2v) is 6.80. The third-order valence-corrected chi connectivity index (χ3v) is 5.03. The molecule has 27 heavy (non-hydrogen) atoms. The second kappa shape index (κ2) is 6.83. The highest BCUT2D eigenvalue weighted by Crippen LogP contribution is 2.24. The second-order valence-electron chi connectivity index (χ2n) is 6.80. The van der Waals surface area contributed by atoms with E-state index in [1.165, 1.54) is 0 Å². The molecule has 2 aromatic rings. The van der Waals surface area contributed by atoms with Crippen LogP contribution in [0.1, 0.15) is 26.3 Å². The molecule has 0 bridgehead atoms. The fourth-order valence-electron chi connectivity index (χ4n) is 3.51. The van der Waals surface area contributed by atoms with E-state index in [0.717, 1.165) is 16.3 Å². The zero-order valence-electron chi connectivity index (χ0n) is 15.1. The number of benzene rings is 1. The molecule has 0 N–H and O–H groups in total. The number of nitrogens with zero attached hydrogens (tertiary/aromatic N) is 4. The number of hydrogen-bond donors (Lipinski definition) is 0. The van der Waals surface area contributed by atoms with E-state index in [-0.39, 0.29) is 18.4 Å². The molecule has 2 aliphatic heterocycles. The summed E-state index contributed by atoms with van der Waals surface area (Å²) in [6, 6.07) is 10.9. The number of anilines is 1. The predicted octanol–water partition coefficient (Wildman–Crippen LogP) is 1.33. The average Bonchev–Trinajstić information content (AvgIpc) is 2.93. The Hall–Kier alpha value is -3.22. The van der Waals surface area contributed by atoms with Crippen LogP contribution < -0.4 is 4.90 Å². The van der Waals surface area contributed by atoms with Crippen LogP contribution in [-0.4, -0.2) is 65.2 Å². The maximum Gasteiger partial charge on any atom is 0.262 e. The Bertz CT molecular complexity index is 905. The van der Waals surface area contributed by atoms with Gasteiger partial charge in [-0.1, -0.05) is 17.7 Å². The fourth-order valence-corrected chi connectivity index (χ4v) is 3.51. The minimum absolute atomic E-state index is 0.207. The average molecular weight is 364 g/mol. The van der Waals surface area contributed by atoms with Gasteiger partial charge >= 0.3 is 0 Å². The van der Waals surface area contributed by atoms with Gasteiger partial charge in [0.25, 0.3) is 11.8 Å². The van der Waals surface area contributed by atoms with E-state index in [2.05, 4.69) is 9.88 Å². The summed E-state index contributed by atoms with van der Waals surface area (Å²) in [7, 11) is 0. The molecule has 1 fully saturated rings. The minimum Gasteiger partial charge on any atom is -0.353 e. The minimum atomic E-state index is -0.393. The summed E-state index contributed by atoms with van der Waals surface area (Å²) in [5.41, 5.74) is 1.67. The zero-order chi connectivity index (χ0) is 19.0. The molecule has 1 aromatic heterocycles. The van der Waals surface area contributed by atoms with Gasteiger partial charge in [-0.05, 0) is 31.2 Å². The van der Waals surface area contributed by atoms with Crippen molar-refractivity contribution in [2.45, 2.75) is 6.92 Å². The molecule has 4 rings (SSSR count). The number of hydrogen-bond acceptors (Lipinski definition) is 5. The Morgan fingerprint density at radius 1 is 1.00 bits per heavy atom. The van der Waals surface area contributed by atoms with Crippen molar-refractivity contribution in [3.63, 3.8) is 0 Å². The van der Waals surface area contributed by atoms with E-state index in [0.29, 0.717) is 37.3 Å². The highest BCUT2D eigenvalue weighted by atomic mass is 16.2. The molecule has 3 amide bonds. The van der Waals surface area contributed by atoms with E-state index in [9.17, 15) is 14.4 Å². The number of piperazine rings is 1. The SMILES string of the molecule is Cc1ccc2c(c1)C(=O)N(CC(=O)N1CCN(c3ccccn3)CC1)C2=O. The van der Waals surface area contributed by atoms with Crippen molar-refractivity contribution in [1.29, 1.82) is 0 Å². The van der Waals surface area contributed by atoms with Crippen LogP contribution in [0.4, 0.5) is 5.82 Å².